The smallest absolute Gasteiger partial charge is 0.338 e. The van der Waals surface area contributed by atoms with E-state index in [1.807, 2.05) is 0 Å². The summed E-state index contributed by atoms with van der Waals surface area (Å²) in [7, 11) is 2.87. The van der Waals surface area contributed by atoms with E-state index in [0.29, 0.717) is 24.3 Å². The Kier molecular flexibility index (Phi) is 13.7. The normalized spacial score (nSPS) is 10.8. The number of ether oxygens (including phenoxy) is 3. The van der Waals surface area contributed by atoms with Crippen LogP contribution in [-0.4, -0.2) is 70.9 Å². The van der Waals surface area contributed by atoms with E-state index in [-0.39, 0.29) is 64.6 Å². The Labute approximate surface area is 280 Å². The summed E-state index contributed by atoms with van der Waals surface area (Å²) in [6, 6.07) is 18.3. The highest BCUT2D eigenvalue weighted by Gasteiger charge is 2.13. The maximum Gasteiger partial charge on any atom is 0.338 e. The molecule has 0 atom stereocenters. The number of aliphatic hydroxyl groups is 1. The summed E-state index contributed by atoms with van der Waals surface area (Å²) in [5.41, 5.74) is 2.09. The molecule has 0 amide bonds. The highest BCUT2D eigenvalue weighted by molar-refractivity contribution is 5.94. The van der Waals surface area contributed by atoms with Crippen LogP contribution in [0.3, 0.4) is 0 Å². The third-order valence-electron chi connectivity index (χ3n) is 6.58. The molecule has 0 radical (unpaired) electrons. The average Bonchev–Trinajstić information content (AvgIpc) is 3.07. The van der Waals surface area contributed by atoms with Gasteiger partial charge in [-0.3, -0.25) is 4.79 Å². The molecule has 0 saturated carbocycles. The first-order chi connectivity index (χ1) is 23.4. The van der Waals surface area contributed by atoms with Gasteiger partial charge in [-0.1, -0.05) is 12.1 Å². The average molecular weight is 675 g/mol. The summed E-state index contributed by atoms with van der Waals surface area (Å²) in [6.07, 6.45) is 0.874. The Morgan fingerprint density at radius 1 is 0.612 bits per heavy atom. The third-order valence-corrected chi connectivity index (χ3v) is 6.58. The quantitative estimate of drug-likeness (QED) is 0.0742. The number of esters is 1. The molecule has 49 heavy (non-hydrogen) atoms. The van der Waals surface area contributed by atoms with Crippen molar-refractivity contribution >= 4 is 40.7 Å². The van der Waals surface area contributed by atoms with Crippen molar-refractivity contribution in [2.45, 2.75) is 19.8 Å². The van der Waals surface area contributed by atoms with Gasteiger partial charge < -0.3 is 39.7 Å². The van der Waals surface area contributed by atoms with Crippen LogP contribution in [-0.2, 0) is 22.4 Å². The van der Waals surface area contributed by atoms with Gasteiger partial charge in [0.1, 0.15) is 45.7 Å². The van der Waals surface area contributed by atoms with Crippen molar-refractivity contribution in [3.05, 3.63) is 95.1 Å². The molecule has 0 aliphatic rings. The maximum absolute atomic E-state index is 11.3. The molecule has 0 unspecified atom stereocenters. The molecule has 0 saturated heterocycles. The van der Waals surface area contributed by atoms with Crippen molar-refractivity contribution in [1.82, 2.24) is 0 Å². The number of hydrogen-bond acceptors (Lipinski definition) is 13. The Morgan fingerprint density at radius 2 is 1.02 bits per heavy atom. The summed E-state index contributed by atoms with van der Waals surface area (Å²) in [5.74, 6) is -2.10. The number of carboxylic acid groups (broad SMARTS) is 2. The fourth-order valence-electron chi connectivity index (χ4n) is 4.08. The van der Waals surface area contributed by atoms with Gasteiger partial charge in [0.15, 0.2) is 0 Å². The highest BCUT2D eigenvalue weighted by atomic mass is 16.5. The van der Waals surface area contributed by atoms with Gasteiger partial charge in [0, 0.05) is 20.0 Å². The van der Waals surface area contributed by atoms with Crippen molar-refractivity contribution in [1.29, 1.82) is 0 Å². The number of aliphatic hydroxyl groups excluding tert-OH is 1. The summed E-state index contributed by atoms with van der Waals surface area (Å²) < 4.78 is 14.8. The van der Waals surface area contributed by atoms with Gasteiger partial charge in [0.25, 0.3) is 0 Å². The second-order valence-electron chi connectivity index (χ2n) is 9.99. The minimum absolute atomic E-state index is 0.0197. The summed E-state index contributed by atoms with van der Waals surface area (Å²) >= 11 is 0. The molecule has 0 aliphatic heterocycles. The number of phenolic OH excluding ortho intramolecular Hbond substituents is 2. The lowest BCUT2D eigenvalue weighted by Crippen LogP contribution is -2.03. The number of azo groups is 2. The van der Waals surface area contributed by atoms with Crippen LogP contribution in [0.5, 0.6) is 23.0 Å². The van der Waals surface area contributed by atoms with Gasteiger partial charge in [-0.25, -0.2) is 9.59 Å². The van der Waals surface area contributed by atoms with Gasteiger partial charge in [0.05, 0.1) is 32.0 Å². The predicted molar refractivity (Wildman–Crippen MR) is 176 cm³/mol. The van der Waals surface area contributed by atoms with Crippen molar-refractivity contribution in [3.63, 3.8) is 0 Å². The van der Waals surface area contributed by atoms with Crippen LogP contribution in [0.15, 0.2) is 93.3 Å². The Hall–Kier alpha value is -6.35. The number of carbonyl (C=O) groups excluding carboxylic acids is 1. The molecule has 0 heterocycles. The topological polar surface area (TPSA) is 229 Å². The van der Waals surface area contributed by atoms with Crippen LogP contribution in [0.25, 0.3) is 0 Å². The predicted octanol–water partition coefficient (Wildman–Crippen LogP) is 6.67. The van der Waals surface area contributed by atoms with E-state index in [9.17, 15) is 34.8 Å². The zero-order valence-corrected chi connectivity index (χ0v) is 26.7. The number of benzene rings is 4. The number of aromatic hydroxyl groups is 2. The van der Waals surface area contributed by atoms with Crippen LogP contribution < -0.4 is 9.47 Å². The molecular weight excluding hydrogens is 640 g/mol. The van der Waals surface area contributed by atoms with Gasteiger partial charge >= 0.3 is 17.9 Å². The minimum atomic E-state index is -1.16. The highest BCUT2D eigenvalue weighted by Crippen LogP contribution is 2.33. The van der Waals surface area contributed by atoms with Gasteiger partial charge in [-0.2, -0.15) is 0 Å². The van der Waals surface area contributed by atoms with E-state index in [2.05, 4.69) is 20.5 Å². The van der Waals surface area contributed by atoms with E-state index in [1.54, 1.807) is 36.4 Å². The van der Waals surface area contributed by atoms with Crippen molar-refractivity contribution in [2.75, 3.05) is 27.4 Å². The first-order valence-corrected chi connectivity index (χ1v) is 14.5. The van der Waals surface area contributed by atoms with E-state index in [0.717, 1.165) is 11.1 Å². The summed E-state index contributed by atoms with van der Waals surface area (Å²) in [5, 5.41) is 62.8. The number of nitrogens with zero attached hydrogens (tertiary/aromatic N) is 4. The van der Waals surface area contributed by atoms with Crippen LogP contribution >= 0.6 is 0 Å². The standard InChI is InChI=1S/C18H18N2O6.C16H16N2O5/c1-11(21)26-8-7-12-3-5-16(17(22)9-12)20-19-15-6-4-13(25-2)10-14(15)18(23)24;1-23-11-3-5-13(12(9-11)16(21)22)17-18-14-4-2-10(6-7-19)8-15(14)20/h3-6,9-10,22H,7-8H2,1-2H3,(H,23,24);2-5,8-9,19-20H,6-7H2,1H3,(H,21,22). The lowest BCUT2D eigenvalue weighted by atomic mass is 10.1. The molecule has 0 aromatic heterocycles. The van der Waals surface area contributed by atoms with Crippen molar-refractivity contribution in [2.24, 2.45) is 20.5 Å². The van der Waals surface area contributed by atoms with Crippen LogP contribution in [0.4, 0.5) is 22.7 Å². The molecule has 15 nitrogen and oxygen atoms in total. The van der Waals surface area contributed by atoms with Crippen LogP contribution in [0.2, 0.25) is 0 Å². The second kappa shape index (κ2) is 18.1. The molecule has 0 fully saturated rings. The van der Waals surface area contributed by atoms with Gasteiger partial charge in [-0.05, 0) is 78.2 Å². The molecule has 0 bridgehead atoms. The number of rotatable bonds is 13. The molecule has 0 spiro atoms. The summed E-state index contributed by atoms with van der Waals surface area (Å²) in [6.45, 7) is 1.52. The van der Waals surface area contributed by atoms with Crippen molar-refractivity contribution in [3.8, 4) is 23.0 Å². The lowest BCUT2D eigenvalue weighted by molar-refractivity contribution is -0.140. The fraction of sp³-hybridized carbons (Fsp3) is 0.206. The fourth-order valence-corrected chi connectivity index (χ4v) is 4.08. The zero-order valence-electron chi connectivity index (χ0n) is 26.7. The third kappa shape index (κ3) is 11.1. The molecule has 4 aromatic rings. The number of carbonyl (C=O) groups is 3. The first-order valence-electron chi connectivity index (χ1n) is 14.5. The number of phenols is 2. The molecule has 4 rings (SSSR count). The van der Waals surface area contributed by atoms with Crippen LogP contribution in [0, 0.1) is 0 Å². The lowest BCUT2D eigenvalue weighted by Gasteiger charge is -2.05. The number of aromatic carboxylic acids is 2. The Morgan fingerprint density at radius 3 is 1.39 bits per heavy atom. The zero-order chi connectivity index (χ0) is 35.9. The minimum Gasteiger partial charge on any atom is -0.506 e. The molecule has 15 heteroatoms. The largest absolute Gasteiger partial charge is 0.506 e. The van der Waals surface area contributed by atoms with E-state index >= 15 is 0 Å². The monoisotopic (exact) mass is 674 g/mol. The molecule has 0 aliphatic carbocycles. The van der Waals surface area contributed by atoms with Crippen molar-refractivity contribution < 1.29 is 54.1 Å². The summed E-state index contributed by atoms with van der Waals surface area (Å²) in [4.78, 5) is 33.3. The Balaban J connectivity index is 0.000000267. The van der Waals surface area contributed by atoms with Crippen LogP contribution in [0.1, 0.15) is 38.8 Å². The first kappa shape index (κ1) is 37.1. The van der Waals surface area contributed by atoms with E-state index < -0.39 is 11.9 Å². The van der Waals surface area contributed by atoms with Gasteiger partial charge in [0.2, 0.25) is 0 Å². The Bertz CT molecular complexity index is 1860. The molecule has 256 valence electrons. The molecule has 5 N–H and O–H groups in total. The van der Waals surface area contributed by atoms with E-state index in [1.165, 1.54) is 57.5 Å². The molecule has 4 aromatic carbocycles. The van der Waals surface area contributed by atoms with E-state index in [4.69, 9.17) is 19.3 Å². The molecular formula is C34H34N4O11. The van der Waals surface area contributed by atoms with Gasteiger partial charge in [-0.15, -0.1) is 20.5 Å². The number of hydrogen-bond donors (Lipinski definition) is 5. The second-order valence-corrected chi connectivity index (χ2v) is 9.99. The maximum atomic E-state index is 11.3. The SMILES string of the molecule is COc1ccc(N=Nc2ccc(CCO)cc2O)c(C(=O)O)c1.COc1ccc(N=Nc2ccc(CCOC(C)=O)cc2O)c(C(=O)O)c1. The number of methoxy groups -OCH3 is 2. The number of carboxylic acids is 2.